The Bertz CT molecular complexity index is 324. The average Bonchev–Trinajstić information content (AvgIpc) is 2.74. The number of rotatable bonds is 6. The van der Waals surface area contributed by atoms with Crippen molar-refractivity contribution in [1.29, 1.82) is 0 Å². The zero-order valence-electron chi connectivity index (χ0n) is 11.6. The zero-order chi connectivity index (χ0) is 13.5. The van der Waals surface area contributed by atoms with Crippen LogP contribution in [0.25, 0.3) is 0 Å². The maximum absolute atomic E-state index is 11.6. The molecule has 0 aliphatic carbocycles. The summed E-state index contributed by atoms with van der Waals surface area (Å²) in [5.41, 5.74) is 1.04. The van der Waals surface area contributed by atoms with E-state index in [9.17, 15) is 4.79 Å². The van der Waals surface area contributed by atoms with Gasteiger partial charge in [0.05, 0.1) is 6.10 Å². The molecule has 4 nitrogen and oxygen atoms in total. The Kier molecular flexibility index (Phi) is 6.09. The second kappa shape index (κ2) is 7.34. The van der Waals surface area contributed by atoms with Crippen molar-refractivity contribution < 1.29 is 9.53 Å². The normalized spacial score (nSPS) is 23.8. The van der Waals surface area contributed by atoms with Gasteiger partial charge in [0, 0.05) is 31.7 Å². The first-order valence-corrected chi connectivity index (χ1v) is 6.37. The predicted molar refractivity (Wildman–Crippen MR) is 73.4 cm³/mol. The summed E-state index contributed by atoms with van der Waals surface area (Å²) in [5.74, 6) is 0.318. The Morgan fingerprint density at radius 1 is 1.56 bits per heavy atom. The van der Waals surface area contributed by atoms with Crippen molar-refractivity contribution in [2.24, 2.45) is 5.92 Å². The highest BCUT2D eigenvalue weighted by atomic mass is 16.5. The average molecular weight is 252 g/mol. The Balaban J connectivity index is 2.29. The van der Waals surface area contributed by atoms with Gasteiger partial charge in [0.15, 0.2) is 0 Å². The van der Waals surface area contributed by atoms with Crippen LogP contribution in [-0.4, -0.2) is 50.7 Å². The molecule has 18 heavy (non-hydrogen) atoms. The highest BCUT2D eigenvalue weighted by Gasteiger charge is 2.28. The van der Waals surface area contributed by atoms with E-state index in [0.29, 0.717) is 12.5 Å². The summed E-state index contributed by atoms with van der Waals surface area (Å²) in [4.78, 5) is 13.6. The third-order valence-electron chi connectivity index (χ3n) is 2.98. The second-order valence-corrected chi connectivity index (χ2v) is 5.10. The minimum absolute atomic E-state index is 0.0378. The topological polar surface area (TPSA) is 41.6 Å². The lowest BCUT2D eigenvalue weighted by molar-refractivity contribution is -0.116. The minimum atomic E-state index is -0.0378. The Hall–Kier alpha value is -1.13. The van der Waals surface area contributed by atoms with E-state index in [2.05, 4.69) is 11.9 Å². The van der Waals surface area contributed by atoms with Crippen LogP contribution in [-0.2, 0) is 9.53 Å². The lowest BCUT2D eigenvalue weighted by Gasteiger charge is -2.18. The van der Waals surface area contributed by atoms with E-state index in [-0.39, 0.29) is 12.0 Å². The molecule has 1 heterocycles. The summed E-state index contributed by atoms with van der Waals surface area (Å²) < 4.78 is 5.60. The fourth-order valence-corrected chi connectivity index (χ4v) is 2.05. The maximum Gasteiger partial charge on any atom is 0.243 e. The van der Waals surface area contributed by atoms with Crippen LogP contribution in [0.5, 0.6) is 0 Å². The molecule has 0 aromatic carbocycles. The quantitative estimate of drug-likeness (QED) is 0.570. The molecule has 1 fully saturated rings. The van der Waals surface area contributed by atoms with Gasteiger partial charge in [0.1, 0.15) is 0 Å². The molecular formula is C14H24N2O2. The molecule has 1 rings (SSSR count). The van der Waals surface area contributed by atoms with Crippen LogP contribution in [0.3, 0.4) is 0 Å². The lowest BCUT2D eigenvalue weighted by atomic mass is 9.97. The van der Waals surface area contributed by atoms with Gasteiger partial charge in [0.2, 0.25) is 5.91 Å². The van der Waals surface area contributed by atoms with E-state index in [4.69, 9.17) is 4.74 Å². The van der Waals surface area contributed by atoms with Gasteiger partial charge in [-0.15, -0.1) is 0 Å². The first-order valence-electron chi connectivity index (χ1n) is 6.37. The summed E-state index contributed by atoms with van der Waals surface area (Å²) in [6.07, 6.45) is 4.53. The fourth-order valence-electron chi connectivity index (χ4n) is 2.05. The molecular weight excluding hydrogens is 228 g/mol. The number of likely N-dealkylation sites (N-methyl/N-ethyl adjacent to an activating group) is 1. The van der Waals surface area contributed by atoms with Gasteiger partial charge in [-0.1, -0.05) is 18.2 Å². The van der Waals surface area contributed by atoms with Crippen molar-refractivity contribution in [3.63, 3.8) is 0 Å². The lowest BCUT2D eigenvalue weighted by Crippen LogP contribution is -2.32. The molecule has 2 unspecified atom stereocenters. The summed E-state index contributed by atoms with van der Waals surface area (Å²) in [7, 11) is 3.94. The standard InChI is InChI=1S/C14H24N2O2/c1-11(2)14-12(7-9-18-14)10-15-13(17)6-5-8-16(3)4/h5-6,12,14H,1,7-10H2,2-4H3,(H,15,17)/b6-5+. The number of ether oxygens (including phenoxy) is 1. The molecule has 0 saturated carbocycles. The van der Waals surface area contributed by atoms with Gasteiger partial charge < -0.3 is 15.0 Å². The summed E-state index contributed by atoms with van der Waals surface area (Å²) in [5, 5.41) is 2.92. The summed E-state index contributed by atoms with van der Waals surface area (Å²) >= 11 is 0. The van der Waals surface area contributed by atoms with E-state index < -0.39 is 0 Å². The molecule has 0 radical (unpaired) electrons. The number of nitrogens with zero attached hydrogens (tertiary/aromatic N) is 1. The molecule has 102 valence electrons. The van der Waals surface area contributed by atoms with Crippen LogP contribution in [0, 0.1) is 5.92 Å². The van der Waals surface area contributed by atoms with E-state index in [1.807, 2.05) is 32.0 Å². The highest BCUT2D eigenvalue weighted by molar-refractivity contribution is 5.87. The van der Waals surface area contributed by atoms with Crippen molar-refractivity contribution in [3.05, 3.63) is 24.3 Å². The second-order valence-electron chi connectivity index (χ2n) is 5.10. The number of hydrogen-bond acceptors (Lipinski definition) is 3. The maximum atomic E-state index is 11.6. The monoisotopic (exact) mass is 252 g/mol. The van der Waals surface area contributed by atoms with Crippen molar-refractivity contribution in [2.75, 3.05) is 33.8 Å². The summed E-state index contributed by atoms with van der Waals surface area (Å²) in [6, 6.07) is 0. The smallest absolute Gasteiger partial charge is 0.243 e. The summed E-state index contributed by atoms with van der Waals surface area (Å²) in [6.45, 7) is 8.09. The number of nitrogens with one attached hydrogen (secondary N) is 1. The Morgan fingerprint density at radius 3 is 2.89 bits per heavy atom. The molecule has 1 saturated heterocycles. The molecule has 0 aromatic heterocycles. The molecule has 1 amide bonds. The van der Waals surface area contributed by atoms with Gasteiger partial charge in [-0.2, -0.15) is 0 Å². The van der Waals surface area contributed by atoms with Gasteiger partial charge in [-0.25, -0.2) is 0 Å². The van der Waals surface area contributed by atoms with E-state index in [0.717, 1.165) is 25.1 Å². The molecule has 0 aromatic rings. The van der Waals surface area contributed by atoms with Crippen LogP contribution in [0.1, 0.15) is 13.3 Å². The van der Waals surface area contributed by atoms with Crippen LogP contribution in [0.4, 0.5) is 0 Å². The van der Waals surface area contributed by atoms with Crippen molar-refractivity contribution >= 4 is 5.91 Å². The van der Waals surface area contributed by atoms with Crippen molar-refractivity contribution in [3.8, 4) is 0 Å². The molecule has 1 N–H and O–H groups in total. The van der Waals surface area contributed by atoms with Crippen LogP contribution >= 0.6 is 0 Å². The zero-order valence-corrected chi connectivity index (χ0v) is 11.6. The highest BCUT2D eigenvalue weighted by Crippen LogP contribution is 2.24. The van der Waals surface area contributed by atoms with Crippen molar-refractivity contribution in [2.45, 2.75) is 19.4 Å². The van der Waals surface area contributed by atoms with E-state index >= 15 is 0 Å². The largest absolute Gasteiger partial charge is 0.374 e. The molecule has 1 aliphatic rings. The van der Waals surface area contributed by atoms with Crippen LogP contribution in [0.2, 0.25) is 0 Å². The van der Waals surface area contributed by atoms with Crippen molar-refractivity contribution in [1.82, 2.24) is 10.2 Å². The van der Waals surface area contributed by atoms with Crippen LogP contribution < -0.4 is 5.32 Å². The third kappa shape index (κ3) is 5.02. The number of carbonyl (C=O) groups is 1. The van der Waals surface area contributed by atoms with E-state index in [1.165, 1.54) is 0 Å². The minimum Gasteiger partial charge on any atom is -0.374 e. The van der Waals surface area contributed by atoms with Gasteiger partial charge in [-0.05, 0) is 27.4 Å². The fraction of sp³-hybridized carbons (Fsp3) is 0.643. The van der Waals surface area contributed by atoms with Crippen LogP contribution in [0.15, 0.2) is 24.3 Å². The predicted octanol–water partition coefficient (Wildman–Crippen LogP) is 1.20. The molecule has 0 bridgehead atoms. The molecule has 1 aliphatic heterocycles. The third-order valence-corrected chi connectivity index (χ3v) is 2.98. The van der Waals surface area contributed by atoms with E-state index in [1.54, 1.807) is 6.08 Å². The number of hydrogen-bond donors (Lipinski definition) is 1. The number of carbonyl (C=O) groups excluding carboxylic acids is 1. The van der Waals surface area contributed by atoms with Gasteiger partial charge in [-0.3, -0.25) is 4.79 Å². The number of amides is 1. The molecule has 2 atom stereocenters. The van der Waals surface area contributed by atoms with Gasteiger partial charge >= 0.3 is 0 Å². The molecule has 0 spiro atoms. The Labute approximate surface area is 110 Å². The first kappa shape index (κ1) is 14.9. The van der Waals surface area contributed by atoms with Gasteiger partial charge in [0.25, 0.3) is 0 Å². The molecule has 4 heteroatoms. The Morgan fingerprint density at radius 2 is 2.28 bits per heavy atom. The SMILES string of the molecule is C=C(C)C1OCCC1CNC(=O)/C=C/CN(C)C. The first-order chi connectivity index (χ1) is 8.50.